The first kappa shape index (κ1) is 13.0. The molecule has 0 aliphatic carbocycles. The van der Waals surface area contributed by atoms with Crippen LogP contribution in [0.5, 0.6) is 5.75 Å². The van der Waals surface area contributed by atoms with Gasteiger partial charge in [-0.1, -0.05) is 17.7 Å². The van der Waals surface area contributed by atoms with Crippen molar-refractivity contribution in [2.45, 2.75) is 6.92 Å². The second kappa shape index (κ2) is 5.89. The first-order valence-corrected chi connectivity index (χ1v) is 5.14. The molecule has 5 heteroatoms. The first-order chi connectivity index (χ1) is 8.13. The molecule has 0 aromatic heterocycles. The summed E-state index contributed by atoms with van der Waals surface area (Å²) in [6, 6.07) is 6.14. The maximum atomic E-state index is 13.9. The molecule has 0 atom stereocenters. The third-order valence-electron chi connectivity index (χ3n) is 1.91. The highest BCUT2D eigenvalue weighted by Gasteiger charge is 2.12. The van der Waals surface area contributed by atoms with Gasteiger partial charge in [0.25, 0.3) is 0 Å². The van der Waals surface area contributed by atoms with Crippen LogP contribution in [0, 0.1) is 28.5 Å². The number of rotatable bonds is 3. The summed E-state index contributed by atoms with van der Waals surface area (Å²) < 4.78 is 18.9. The fourth-order valence-electron chi connectivity index (χ4n) is 1.18. The Kier molecular flexibility index (Phi) is 4.51. The van der Waals surface area contributed by atoms with Crippen LogP contribution in [-0.4, -0.2) is 6.61 Å². The van der Waals surface area contributed by atoms with Gasteiger partial charge >= 0.3 is 0 Å². The number of benzene rings is 1. The molecular formula is C12H8ClFN2O. The fraction of sp³-hybridized carbons (Fsp3) is 0.167. The average molecular weight is 251 g/mol. The van der Waals surface area contributed by atoms with Crippen LogP contribution < -0.4 is 4.74 Å². The molecule has 0 bridgehead atoms. The molecule has 0 aliphatic heterocycles. The Hall–Kier alpha value is -2.04. The van der Waals surface area contributed by atoms with E-state index in [1.807, 2.05) is 0 Å². The van der Waals surface area contributed by atoms with Gasteiger partial charge < -0.3 is 4.74 Å². The second-order valence-electron chi connectivity index (χ2n) is 2.99. The largest absolute Gasteiger partial charge is 0.489 e. The molecular weight excluding hydrogens is 243 g/mol. The minimum absolute atomic E-state index is 0.0712. The van der Waals surface area contributed by atoms with Crippen LogP contribution in [0.3, 0.4) is 0 Å². The highest BCUT2D eigenvalue weighted by atomic mass is 35.5. The zero-order chi connectivity index (χ0) is 12.8. The molecule has 0 saturated heterocycles. The van der Waals surface area contributed by atoms with Crippen molar-refractivity contribution in [2.75, 3.05) is 6.61 Å². The lowest BCUT2D eigenvalue weighted by molar-refractivity contribution is 0.321. The molecule has 1 rings (SSSR count). The molecule has 0 unspecified atom stereocenters. The van der Waals surface area contributed by atoms with Crippen molar-refractivity contribution in [3.63, 3.8) is 0 Å². The van der Waals surface area contributed by atoms with Crippen LogP contribution in [0.4, 0.5) is 4.39 Å². The SMILES string of the molecule is CCOc1c(Cl)ccc(C=C(C#N)C#N)c1F. The second-order valence-corrected chi connectivity index (χ2v) is 3.40. The van der Waals surface area contributed by atoms with Gasteiger partial charge in [0.1, 0.15) is 17.7 Å². The van der Waals surface area contributed by atoms with E-state index in [1.54, 1.807) is 19.1 Å². The Morgan fingerprint density at radius 3 is 2.65 bits per heavy atom. The van der Waals surface area contributed by atoms with Gasteiger partial charge in [0.15, 0.2) is 11.6 Å². The summed E-state index contributed by atoms with van der Waals surface area (Å²) in [6.07, 6.45) is 1.15. The molecule has 0 heterocycles. The lowest BCUT2D eigenvalue weighted by Gasteiger charge is -2.08. The highest BCUT2D eigenvalue weighted by Crippen LogP contribution is 2.30. The summed E-state index contributed by atoms with van der Waals surface area (Å²) in [4.78, 5) is 0. The summed E-state index contributed by atoms with van der Waals surface area (Å²) in [5, 5.41) is 17.3. The molecule has 0 spiro atoms. The van der Waals surface area contributed by atoms with Gasteiger partial charge in [-0.3, -0.25) is 0 Å². The standard InChI is InChI=1S/C12H8ClFN2O/c1-2-17-12-10(13)4-3-9(11(12)14)5-8(6-15)7-16/h3-5H,2H2,1H3. The van der Waals surface area contributed by atoms with Crippen LogP contribution in [0.15, 0.2) is 17.7 Å². The van der Waals surface area contributed by atoms with Crippen LogP contribution in [0.2, 0.25) is 5.02 Å². The van der Waals surface area contributed by atoms with Gasteiger partial charge in [-0.2, -0.15) is 10.5 Å². The van der Waals surface area contributed by atoms with Gasteiger partial charge in [0.2, 0.25) is 0 Å². The van der Waals surface area contributed by atoms with Gasteiger partial charge in [0.05, 0.1) is 11.6 Å². The Morgan fingerprint density at radius 1 is 1.47 bits per heavy atom. The maximum Gasteiger partial charge on any atom is 0.174 e. The highest BCUT2D eigenvalue weighted by molar-refractivity contribution is 6.32. The molecule has 17 heavy (non-hydrogen) atoms. The number of hydrogen-bond donors (Lipinski definition) is 0. The van der Waals surface area contributed by atoms with Gasteiger partial charge in [-0.15, -0.1) is 0 Å². The zero-order valence-electron chi connectivity index (χ0n) is 9.00. The van der Waals surface area contributed by atoms with E-state index in [-0.39, 0.29) is 28.5 Å². The fourth-order valence-corrected chi connectivity index (χ4v) is 1.38. The molecule has 0 fully saturated rings. The predicted octanol–water partition coefficient (Wildman–Crippen LogP) is 3.31. The summed E-state index contributed by atoms with van der Waals surface area (Å²) in [5.74, 6) is -0.750. The number of allylic oxidation sites excluding steroid dienone is 1. The van der Waals surface area contributed by atoms with Crippen molar-refractivity contribution in [2.24, 2.45) is 0 Å². The van der Waals surface area contributed by atoms with E-state index < -0.39 is 5.82 Å². The van der Waals surface area contributed by atoms with E-state index >= 15 is 0 Å². The van der Waals surface area contributed by atoms with Crippen molar-refractivity contribution in [3.8, 4) is 17.9 Å². The van der Waals surface area contributed by atoms with E-state index in [9.17, 15) is 4.39 Å². The van der Waals surface area contributed by atoms with Crippen LogP contribution in [0.1, 0.15) is 12.5 Å². The lowest BCUT2D eigenvalue weighted by atomic mass is 10.1. The van der Waals surface area contributed by atoms with E-state index in [0.717, 1.165) is 6.08 Å². The molecule has 1 aromatic carbocycles. The van der Waals surface area contributed by atoms with Crippen molar-refractivity contribution < 1.29 is 9.13 Å². The number of nitriles is 2. The predicted molar refractivity (Wildman–Crippen MR) is 61.8 cm³/mol. The first-order valence-electron chi connectivity index (χ1n) is 4.76. The minimum Gasteiger partial charge on any atom is -0.489 e. The number of nitrogens with zero attached hydrogens (tertiary/aromatic N) is 2. The Bertz CT molecular complexity index is 525. The van der Waals surface area contributed by atoms with E-state index in [2.05, 4.69) is 0 Å². The average Bonchev–Trinajstić information content (AvgIpc) is 2.34. The van der Waals surface area contributed by atoms with Crippen molar-refractivity contribution in [3.05, 3.63) is 34.1 Å². The molecule has 0 amide bonds. The summed E-state index contributed by atoms with van der Waals surface area (Å²) in [7, 11) is 0. The van der Waals surface area contributed by atoms with Crippen LogP contribution >= 0.6 is 11.6 Å². The number of hydrogen-bond acceptors (Lipinski definition) is 3. The molecule has 86 valence electrons. The van der Waals surface area contributed by atoms with E-state index in [0.29, 0.717) is 0 Å². The molecule has 3 nitrogen and oxygen atoms in total. The van der Waals surface area contributed by atoms with Crippen LogP contribution in [0.25, 0.3) is 6.08 Å². The maximum absolute atomic E-state index is 13.9. The summed E-state index contributed by atoms with van der Waals surface area (Å²) in [5.41, 5.74) is -0.0929. The smallest absolute Gasteiger partial charge is 0.174 e. The number of halogens is 2. The summed E-state index contributed by atoms with van der Waals surface area (Å²) in [6.45, 7) is 1.97. The van der Waals surface area contributed by atoms with E-state index in [4.69, 9.17) is 26.9 Å². The minimum atomic E-state index is -0.678. The van der Waals surface area contributed by atoms with Crippen molar-refractivity contribution in [1.29, 1.82) is 10.5 Å². The summed E-state index contributed by atoms with van der Waals surface area (Å²) >= 11 is 5.77. The Balaban J connectivity index is 3.30. The quantitative estimate of drug-likeness (QED) is 0.774. The van der Waals surface area contributed by atoms with Gasteiger partial charge in [-0.25, -0.2) is 4.39 Å². The molecule has 0 N–H and O–H groups in total. The molecule has 1 aromatic rings. The molecule has 0 saturated carbocycles. The Labute approximate surface area is 103 Å². The zero-order valence-corrected chi connectivity index (χ0v) is 9.75. The topological polar surface area (TPSA) is 56.8 Å². The van der Waals surface area contributed by atoms with Gasteiger partial charge in [0, 0.05) is 5.56 Å². The monoisotopic (exact) mass is 250 g/mol. The van der Waals surface area contributed by atoms with E-state index in [1.165, 1.54) is 12.1 Å². The van der Waals surface area contributed by atoms with Crippen molar-refractivity contribution >= 4 is 17.7 Å². The molecule has 0 radical (unpaired) electrons. The Morgan fingerprint density at radius 2 is 2.12 bits per heavy atom. The normalized spacial score (nSPS) is 9.00. The third kappa shape index (κ3) is 2.96. The van der Waals surface area contributed by atoms with Crippen molar-refractivity contribution in [1.82, 2.24) is 0 Å². The molecule has 0 aliphatic rings. The van der Waals surface area contributed by atoms with Gasteiger partial charge in [-0.05, 0) is 19.1 Å². The lowest BCUT2D eigenvalue weighted by Crippen LogP contribution is -1.97. The third-order valence-corrected chi connectivity index (χ3v) is 2.21. The number of ether oxygens (including phenoxy) is 1. The van der Waals surface area contributed by atoms with Crippen LogP contribution in [-0.2, 0) is 0 Å².